The minimum Gasteiger partial charge on any atom is -0.396 e. The molecule has 0 saturated heterocycles. The van der Waals surface area contributed by atoms with Crippen molar-refractivity contribution < 1.29 is 19.8 Å². The Morgan fingerprint density at radius 3 is 1.18 bits per heavy atom. The van der Waals surface area contributed by atoms with Gasteiger partial charge in [-0.1, -0.05) is 108 Å². The Balaban J connectivity index is 4.08. The van der Waals surface area contributed by atoms with Crippen LogP contribution in [0.4, 0.5) is 0 Å². The maximum absolute atomic E-state index is 11.6. The van der Waals surface area contributed by atoms with Crippen molar-refractivity contribution in [3.05, 3.63) is 21.2 Å². The highest BCUT2D eigenvalue weighted by molar-refractivity contribution is 8.78. The minimum absolute atomic E-state index is 0.106. The summed E-state index contributed by atoms with van der Waals surface area (Å²) in [5.41, 5.74) is 1.95. The lowest BCUT2D eigenvalue weighted by Gasteiger charge is -2.21. The average molecular weight is 609 g/mol. The van der Waals surface area contributed by atoms with Crippen LogP contribution in [0.3, 0.4) is 0 Å². The van der Waals surface area contributed by atoms with Crippen LogP contribution in [-0.4, -0.2) is 70.6 Å². The smallest absolute Gasteiger partial charge is 0.213 e. The number of carbonyl (C=O) groups is 2. The van der Waals surface area contributed by atoms with Gasteiger partial charge in [-0.15, -0.1) is 0 Å². The van der Waals surface area contributed by atoms with E-state index in [2.05, 4.69) is 13.8 Å². The number of allylic oxidation sites excluding steroid dienone is 2. The van der Waals surface area contributed by atoms with Gasteiger partial charge in [-0.25, -0.2) is 0 Å². The number of rotatable bonds is 27. The van der Waals surface area contributed by atoms with E-state index in [1.807, 2.05) is 13.8 Å². The lowest BCUT2D eigenvalue weighted by molar-refractivity contribution is -0.117. The second-order valence-electron chi connectivity index (χ2n) is 9.08. The Labute approximate surface area is 248 Å². The second kappa shape index (κ2) is 26.9. The summed E-state index contributed by atoms with van der Waals surface area (Å²) < 4.78 is 0. The highest BCUT2D eigenvalue weighted by Crippen LogP contribution is 2.35. The summed E-state index contributed by atoms with van der Waals surface area (Å²) in [7, 11) is 6.83. The van der Waals surface area contributed by atoms with Crippen LogP contribution in [-0.2, 0) is 9.59 Å². The molecule has 0 radical (unpaired) electrons. The van der Waals surface area contributed by atoms with Crippen LogP contribution in [0.1, 0.15) is 105 Å². The molecule has 0 aliphatic heterocycles. The zero-order valence-electron chi connectivity index (χ0n) is 24.1. The van der Waals surface area contributed by atoms with Crippen molar-refractivity contribution in [1.29, 1.82) is 0 Å². The first-order valence-electron chi connectivity index (χ1n) is 14.1. The molecule has 0 heterocycles. The van der Waals surface area contributed by atoms with Crippen molar-refractivity contribution in [2.24, 2.45) is 0 Å². The van der Waals surface area contributed by atoms with E-state index in [0.29, 0.717) is 12.8 Å². The van der Waals surface area contributed by atoms with Gasteiger partial charge < -0.3 is 20.0 Å². The molecule has 0 aromatic carbocycles. The fraction of sp³-hybridized carbons (Fsp3) is 0.786. The predicted octanol–water partition coefficient (Wildman–Crippen LogP) is 7.83. The van der Waals surface area contributed by atoms with Gasteiger partial charge in [0.1, 0.15) is 0 Å². The lowest BCUT2D eigenvalue weighted by atomic mass is 10.1. The standard InChI is InChI=1S/C28H52N2O4S4/c1-5-35-37-27(17-21-31)25(3)29(23-33)19-15-13-11-9-7-8-10-12-14-16-20-30(24-34)26(4)28(18-22-32)38-36-6-2/h23-24,31-32H,5-22H2,1-4H3/b27-25-,28-26-. The van der Waals surface area contributed by atoms with Gasteiger partial charge in [0.25, 0.3) is 0 Å². The van der Waals surface area contributed by atoms with Gasteiger partial charge >= 0.3 is 0 Å². The molecule has 0 aromatic heterocycles. The first-order chi connectivity index (χ1) is 18.5. The Morgan fingerprint density at radius 2 is 0.921 bits per heavy atom. The summed E-state index contributed by atoms with van der Waals surface area (Å²) in [5.74, 6) is 1.99. The molecule has 0 aromatic rings. The number of hydrogen-bond donors (Lipinski definition) is 2. The first kappa shape index (κ1) is 37.7. The van der Waals surface area contributed by atoms with Gasteiger partial charge in [-0.2, -0.15) is 0 Å². The van der Waals surface area contributed by atoms with E-state index in [1.165, 1.54) is 38.5 Å². The Kier molecular flexibility index (Phi) is 26.8. The molecule has 6 nitrogen and oxygen atoms in total. The molecule has 0 bridgehead atoms. The maximum Gasteiger partial charge on any atom is 0.213 e. The van der Waals surface area contributed by atoms with Crippen LogP contribution in [0.5, 0.6) is 0 Å². The SMILES string of the molecule is CCSS/C(CCO)=C(/C)N(C=O)CCCCCCCCCCCCN(C=O)/C(C)=C(/CCO)SSCC. The van der Waals surface area contributed by atoms with Crippen LogP contribution in [0.2, 0.25) is 0 Å². The van der Waals surface area contributed by atoms with Gasteiger partial charge in [-0.3, -0.25) is 9.59 Å². The largest absolute Gasteiger partial charge is 0.396 e. The van der Waals surface area contributed by atoms with Crippen LogP contribution >= 0.6 is 43.2 Å². The van der Waals surface area contributed by atoms with Gasteiger partial charge in [0.2, 0.25) is 12.8 Å². The molecule has 2 amide bonds. The number of aliphatic hydroxyl groups excluding tert-OH is 2. The quantitative estimate of drug-likeness (QED) is 0.0555. The van der Waals surface area contributed by atoms with Crippen LogP contribution in [0, 0.1) is 0 Å². The summed E-state index contributed by atoms with van der Waals surface area (Å²) in [6.07, 6.45) is 14.7. The zero-order valence-corrected chi connectivity index (χ0v) is 27.4. The van der Waals surface area contributed by atoms with Crippen molar-refractivity contribution in [3.63, 3.8) is 0 Å². The zero-order chi connectivity index (χ0) is 28.4. The normalized spacial score (nSPS) is 12.7. The Bertz CT molecular complexity index is 621. The molecule has 0 unspecified atom stereocenters. The fourth-order valence-electron chi connectivity index (χ4n) is 3.93. The van der Waals surface area contributed by atoms with E-state index in [4.69, 9.17) is 0 Å². The van der Waals surface area contributed by atoms with E-state index in [1.54, 1.807) is 53.0 Å². The van der Waals surface area contributed by atoms with Crippen molar-refractivity contribution >= 4 is 56.0 Å². The number of carbonyl (C=O) groups excluding carboxylic acids is 2. The summed E-state index contributed by atoms with van der Waals surface area (Å²) >= 11 is 0. The highest BCUT2D eigenvalue weighted by Gasteiger charge is 2.12. The fourth-order valence-corrected chi connectivity index (χ4v) is 8.06. The summed E-state index contributed by atoms with van der Waals surface area (Å²) in [6, 6.07) is 0. The van der Waals surface area contributed by atoms with Crippen LogP contribution in [0.25, 0.3) is 0 Å². The van der Waals surface area contributed by atoms with Crippen molar-refractivity contribution in [2.45, 2.75) is 105 Å². The van der Waals surface area contributed by atoms with E-state index < -0.39 is 0 Å². The number of unbranched alkanes of at least 4 members (excludes halogenated alkanes) is 9. The lowest BCUT2D eigenvalue weighted by Crippen LogP contribution is -2.22. The van der Waals surface area contributed by atoms with Gasteiger partial charge in [0.05, 0.1) is 0 Å². The van der Waals surface area contributed by atoms with Crippen LogP contribution < -0.4 is 0 Å². The van der Waals surface area contributed by atoms with E-state index >= 15 is 0 Å². The monoisotopic (exact) mass is 608 g/mol. The van der Waals surface area contributed by atoms with E-state index in [9.17, 15) is 19.8 Å². The first-order valence-corrected chi connectivity index (χ1v) is 18.8. The molecular formula is C28H52N2O4S4. The summed E-state index contributed by atoms with van der Waals surface area (Å²) in [5, 5.41) is 18.7. The topological polar surface area (TPSA) is 81.1 Å². The van der Waals surface area contributed by atoms with Crippen molar-refractivity contribution in [1.82, 2.24) is 9.80 Å². The summed E-state index contributed by atoms with van der Waals surface area (Å²) in [6.45, 7) is 9.87. The third kappa shape index (κ3) is 18.2. The van der Waals surface area contributed by atoms with Crippen LogP contribution in [0.15, 0.2) is 21.2 Å². The average Bonchev–Trinajstić information content (AvgIpc) is 2.93. The maximum atomic E-state index is 11.6. The molecule has 222 valence electrons. The Morgan fingerprint density at radius 1 is 0.605 bits per heavy atom. The van der Waals surface area contributed by atoms with Crippen molar-refractivity contribution in [2.75, 3.05) is 37.8 Å². The predicted molar refractivity (Wildman–Crippen MR) is 172 cm³/mol. The molecular weight excluding hydrogens is 557 g/mol. The molecule has 2 N–H and O–H groups in total. The molecule has 10 heteroatoms. The molecule has 0 atom stereocenters. The number of amides is 2. The highest BCUT2D eigenvalue weighted by atomic mass is 33.1. The number of nitrogens with zero attached hydrogens (tertiary/aromatic N) is 2. The van der Waals surface area contributed by atoms with Gasteiger partial charge in [0, 0.05) is 71.9 Å². The number of hydrogen-bond acceptors (Lipinski definition) is 8. The molecule has 0 rings (SSSR count). The number of aliphatic hydroxyl groups is 2. The van der Waals surface area contributed by atoms with Gasteiger partial charge in [0.15, 0.2) is 0 Å². The third-order valence-electron chi connectivity index (χ3n) is 6.20. The molecule has 0 fully saturated rings. The third-order valence-corrected chi connectivity index (χ3v) is 11.6. The van der Waals surface area contributed by atoms with E-state index in [0.717, 1.165) is 84.3 Å². The summed E-state index contributed by atoms with van der Waals surface area (Å²) in [4.78, 5) is 29.0. The Hall–Kier alpha value is -0.260. The minimum atomic E-state index is 0.106. The van der Waals surface area contributed by atoms with E-state index in [-0.39, 0.29) is 13.2 Å². The molecule has 0 spiro atoms. The molecule has 0 aliphatic carbocycles. The molecule has 38 heavy (non-hydrogen) atoms. The second-order valence-corrected chi connectivity index (χ2v) is 14.4. The molecule has 0 saturated carbocycles. The van der Waals surface area contributed by atoms with Crippen molar-refractivity contribution in [3.8, 4) is 0 Å². The van der Waals surface area contributed by atoms with Gasteiger partial charge in [-0.05, 0) is 26.7 Å². The molecule has 0 aliphatic rings.